The Morgan fingerprint density at radius 3 is 1.66 bits per heavy atom. The predicted octanol–water partition coefficient (Wildman–Crippen LogP) is 4.48. The van der Waals surface area contributed by atoms with Gasteiger partial charge in [0.1, 0.15) is 61.2 Å². The summed E-state index contributed by atoms with van der Waals surface area (Å²) < 4.78 is 80.2. The number of esters is 1. The van der Waals surface area contributed by atoms with E-state index in [2.05, 4.69) is 5.32 Å². The number of ether oxygens (including phenoxy) is 13. The molecule has 0 aliphatic carbocycles. The Balaban J connectivity index is 1.16. The molecule has 15 atom stereocenters. The molecule has 0 unspecified atom stereocenters. The maximum Gasteiger partial charge on any atom is 0.407 e. The molecule has 0 saturated carbocycles. The Morgan fingerprint density at radius 2 is 1.08 bits per heavy atom. The highest BCUT2D eigenvalue weighted by atomic mass is 16.8. The molecule has 3 aliphatic heterocycles. The third-order valence-corrected chi connectivity index (χ3v) is 11.5. The van der Waals surface area contributed by atoms with Crippen LogP contribution in [0.5, 0.6) is 5.75 Å². The Hall–Kier alpha value is -4.24. The molecule has 3 heterocycles. The van der Waals surface area contributed by atoms with Crippen molar-refractivity contribution in [2.24, 2.45) is 0 Å². The van der Waals surface area contributed by atoms with Crippen LogP contribution in [0.25, 0.3) is 0 Å². The maximum atomic E-state index is 12.2. The largest absolute Gasteiger partial charge is 0.462 e. The molecular weight excluding hydrogens is 835 g/mol. The van der Waals surface area contributed by atoms with Gasteiger partial charge in [-0.3, -0.25) is 4.79 Å². The van der Waals surface area contributed by atoms with Gasteiger partial charge in [0, 0.05) is 41.9 Å². The van der Waals surface area contributed by atoms with Crippen molar-refractivity contribution < 1.29 is 76.3 Å². The van der Waals surface area contributed by atoms with Crippen molar-refractivity contribution in [1.82, 2.24) is 5.32 Å². The van der Waals surface area contributed by atoms with Gasteiger partial charge in [-0.05, 0) is 56.0 Å². The van der Waals surface area contributed by atoms with E-state index in [4.69, 9.17) is 61.6 Å². The molecule has 1 amide bonds. The fraction of sp³-hybridized carbons (Fsp3) is 0.574. The van der Waals surface area contributed by atoms with Gasteiger partial charge in [0.15, 0.2) is 18.7 Å². The van der Waals surface area contributed by atoms with Crippen LogP contribution in [-0.2, 0) is 81.3 Å². The number of benzene rings is 3. The standard InChI is InChI=1S/C47H63NO16/c1-27-36(61-30(4)49)35(50)39(53-6)44(58-27)64-41-38(56-25-32-15-11-9-12-16-32)29(3)60-46(43(41)55-8)63-40-37(52-5)28(2)59-45(42(40)54-7)62-34-21-19-31(20-22-34)23-24-48-47(51)57-26-33-17-13-10-14-18-33/h9-22,27-29,35-46,50H,23-26H2,1-8H3,(H,48,51)/t27-,28-,29-,35+,36+,37-,38-,39-,40+,41+,42+,43+,44-,45-,46-/m0/s1. The molecule has 17 heteroatoms. The summed E-state index contributed by atoms with van der Waals surface area (Å²) in [6, 6.07) is 26.6. The summed E-state index contributed by atoms with van der Waals surface area (Å²) in [6.07, 6.45) is -13.3. The highest BCUT2D eigenvalue weighted by Gasteiger charge is 2.55. The minimum atomic E-state index is -1.28. The zero-order valence-corrected chi connectivity index (χ0v) is 37.6. The number of amides is 1. The zero-order valence-electron chi connectivity index (χ0n) is 37.6. The topological polar surface area (TPSA) is 186 Å². The van der Waals surface area contributed by atoms with E-state index in [9.17, 15) is 14.7 Å². The van der Waals surface area contributed by atoms with Gasteiger partial charge in [0.25, 0.3) is 0 Å². The SMILES string of the molecule is CO[C@@H]1[C@H](O[C@@H]2[C@@H](OCc3ccccc3)[C@H](C)O[C@@H](O[C@@H]3[C@@H](OC)[C@H](C)O[C@@H](Oc4ccc(CCNC(=O)OCc5ccccc5)cc4)[C@@H]3OC)[C@@H]2OC)O[C@@H](C)[C@@H](OC(C)=O)[C@H]1O. The number of alkyl carbamates (subject to hydrolysis) is 1. The fourth-order valence-electron chi connectivity index (χ4n) is 8.25. The van der Waals surface area contributed by atoms with Crippen molar-refractivity contribution >= 4 is 12.1 Å². The van der Waals surface area contributed by atoms with Gasteiger partial charge >= 0.3 is 12.1 Å². The number of carbonyl (C=O) groups is 2. The molecule has 3 aliphatic rings. The normalized spacial score (nSPS) is 32.9. The number of nitrogens with one attached hydrogen (secondary N) is 1. The first-order chi connectivity index (χ1) is 30.9. The molecule has 0 aromatic heterocycles. The third-order valence-electron chi connectivity index (χ3n) is 11.5. The summed E-state index contributed by atoms with van der Waals surface area (Å²) in [6.45, 7) is 7.43. The molecule has 3 fully saturated rings. The van der Waals surface area contributed by atoms with E-state index in [1.165, 1.54) is 28.3 Å². The molecule has 3 saturated heterocycles. The van der Waals surface area contributed by atoms with Gasteiger partial charge < -0.3 is 72.0 Å². The van der Waals surface area contributed by atoms with Crippen LogP contribution in [0.15, 0.2) is 84.9 Å². The highest BCUT2D eigenvalue weighted by Crippen LogP contribution is 2.37. The highest BCUT2D eigenvalue weighted by molar-refractivity contribution is 5.67. The van der Waals surface area contributed by atoms with Crippen molar-refractivity contribution in [1.29, 1.82) is 0 Å². The summed E-state index contributed by atoms with van der Waals surface area (Å²) >= 11 is 0. The van der Waals surface area contributed by atoms with E-state index >= 15 is 0 Å². The minimum absolute atomic E-state index is 0.192. The monoisotopic (exact) mass is 897 g/mol. The number of aliphatic hydroxyl groups excluding tert-OH is 1. The lowest BCUT2D eigenvalue weighted by Crippen LogP contribution is -2.67. The molecule has 352 valence electrons. The average molecular weight is 898 g/mol. The van der Waals surface area contributed by atoms with E-state index in [1.807, 2.05) is 98.8 Å². The van der Waals surface area contributed by atoms with E-state index in [1.54, 1.807) is 14.0 Å². The Morgan fingerprint density at radius 1 is 0.578 bits per heavy atom. The van der Waals surface area contributed by atoms with Crippen LogP contribution >= 0.6 is 0 Å². The van der Waals surface area contributed by atoms with Crippen LogP contribution in [0.3, 0.4) is 0 Å². The van der Waals surface area contributed by atoms with Crippen molar-refractivity contribution in [2.75, 3.05) is 35.0 Å². The predicted molar refractivity (Wildman–Crippen MR) is 228 cm³/mol. The van der Waals surface area contributed by atoms with Crippen molar-refractivity contribution in [3.8, 4) is 5.75 Å². The van der Waals surface area contributed by atoms with Crippen molar-refractivity contribution in [3.05, 3.63) is 102 Å². The minimum Gasteiger partial charge on any atom is -0.462 e. The second kappa shape index (κ2) is 23.8. The molecule has 3 aromatic rings. The van der Waals surface area contributed by atoms with Gasteiger partial charge in [-0.2, -0.15) is 0 Å². The molecule has 17 nitrogen and oxygen atoms in total. The molecular formula is C47H63NO16. The third kappa shape index (κ3) is 12.6. The molecule has 3 aromatic carbocycles. The van der Waals surface area contributed by atoms with E-state index in [0.29, 0.717) is 18.7 Å². The number of hydrogen-bond donors (Lipinski definition) is 2. The molecule has 2 N–H and O–H groups in total. The number of rotatable bonds is 19. The molecule has 0 bridgehead atoms. The first-order valence-electron chi connectivity index (χ1n) is 21.5. The second-order valence-electron chi connectivity index (χ2n) is 16.0. The molecule has 0 radical (unpaired) electrons. The van der Waals surface area contributed by atoms with Crippen molar-refractivity contribution in [3.63, 3.8) is 0 Å². The number of aliphatic hydroxyl groups is 1. The maximum absolute atomic E-state index is 12.2. The summed E-state index contributed by atoms with van der Waals surface area (Å²) in [5.41, 5.74) is 2.80. The molecule has 64 heavy (non-hydrogen) atoms. The van der Waals surface area contributed by atoms with Crippen LogP contribution in [-0.4, -0.2) is 144 Å². The zero-order chi connectivity index (χ0) is 45.8. The quantitative estimate of drug-likeness (QED) is 0.160. The van der Waals surface area contributed by atoms with E-state index < -0.39 is 104 Å². The number of hydrogen-bond acceptors (Lipinski definition) is 16. The summed E-state index contributed by atoms with van der Waals surface area (Å²) in [7, 11) is 6.00. The number of carbonyl (C=O) groups excluding carboxylic acids is 2. The van der Waals surface area contributed by atoms with Gasteiger partial charge in [-0.1, -0.05) is 72.8 Å². The fourth-order valence-corrected chi connectivity index (χ4v) is 8.25. The summed E-state index contributed by atoms with van der Waals surface area (Å²) in [4.78, 5) is 24.1. The number of methoxy groups -OCH3 is 4. The lowest BCUT2D eigenvalue weighted by Gasteiger charge is -2.50. The second-order valence-corrected chi connectivity index (χ2v) is 16.0. The lowest BCUT2D eigenvalue weighted by atomic mass is 9.96. The van der Waals surface area contributed by atoms with Crippen LogP contribution < -0.4 is 10.1 Å². The van der Waals surface area contributed by atoms with Gasteiger partial charge in [0.05, 0.1) is 24.9 Å². The molecule has 0 spiro atoms. The van der Waals surface area contributed by atoms with E-state index in [-0.39, 0.29) is 13.2 Å². The average Bonchev–Trinajstić information content (AvgIpc) is 3.28. The Bertz CT molecular complexity index is 1860. The van der Waals surface area contributed by atoms with Crippen LogP contribution in [0.4, 0.5) is 4.79 Å². The Kier molecular flexibility index (Phi) is 18.3. The van der Waals surface area contributed by atoms with Gasteiger partial charge in [-0.15, -0.1) is 0 Å². The molecule has 6 rings (SSSR count). The first kappa shape index (κ1) is 49.2. The smallest absolute Gasteiger partial charge is 0.407 e. The van der Waals surface area contributed by atoms with E-state index in [0.717, 1.165) is 16.7 Å². The first-order valence-corrected chi connectivity index (χ1v) is 21.5. The van der Waals surface area contributed by atoms with Gasteiger partial charge in [0.2, 0.25) is 6.29 Å². The summed E-state index contributed by atoms with van der Waals surface area (Å²) in [5, 5.41) is 14.1. The van der Waals surface area contributed by atoms with Gasteiger partial charge in [-0.25, -0.2) is 4.79 Å². The van der Waals surface area contributed by atoms with Crippen LogP contribution in [0.1, 0.15) is 44.4 Å². The lowest BCUT2D eigenvalue weighted by molar-refractivity contribution is -0.380. The van der Waals surface area contributed by atoms with Crippen molar-refractivity contribution in [2.45, 2.75) is 139 Å². The Labute approximate surface area is 374 Å². The van der Waals surface area contributed by atoms with Crippen LogP contribution in [0, 0.1) is 0 Å². The van der Waals surface area contributed by atoms with Crippen LogP contribution in [0.2, 0.25) is 0 Å². The summed E-state index contributed by atoms with van der Waals surface area (Å²) in [5.74, 6) is -0.0533.